The number of halogens is 1. The number of aromatic nitrogens is 1. The van der Waals surface area contributed by atoms with Gasteiger partial charge in [0.05, 0.1) is 6.42 Å². The number of hydrogen-bond donors (Lipinski definition) is 2. The summed E-state index contributed by atoms with van der Waals surface area (Å²) in [5, 5.41) is 9.94. The predicted molar refractivity (Wildman–Crippen MR) is 71.5 cm³/mol. The molecular weight excluding hydrogens is 282 g/mol. The highest BCUT2D eigenvalue weighted by Crippen LogP contribution is 2.32. The minimum absolute atomic E-state index is 0.0563. The van der Waals surface area contributed by atoms with Gasteiger partial charge in [0.15, 0.2) is 0 Å². The molecule has 0 aliphatic carbocycles. The molecule has 0 amide bonds. The summed E-state index contributed by atoms with van der Waals surface area (Å²) in [5.74, 6) is -0.802. The van der Waals surface area contributed by atoms with E-state index in [9.17, 15) is 4.79 Å². The van der Waals surface area contributed by atoms with Crippen molar-refractivity contribution in [3.05, 3.63) is 32.9 Å². The number of rotatable bonds is 2. The van der Waals surface area contributed by atoms with Crippen molar-refractivity contribution in [3.8, 4) is 0 Å². The summed E-state index contributed by atoms with van der Waals surface area (Å²) in [6.07, 6.45) is 0.0563. The van der Waals surface area contributed by atoms with Gasteiger partial charge in [-0.3, -0.25) is 4.79 Å². The van der Waals surface area contributed by atoms with E-state index in [0.29, 0.717) is 0 Å². The molecule has 1 aromatic heterocycles. The first-order valence-corrected chi connectivity index (χ1v) is 6.19. The number of fused-ring (bicyclic) bond motifs is 1. The Balaban J connectivity index is 2.78. The Morgan fingerprint density at radius 3 is 2.59 bits per heavy atom. The van der Waals surface area contributed by atoms with Crippen molar-refractivity contribution in [2.45, 2.75) is 27.2 Å². The number of aryl methyl sites for hydroxylation is 2. The maximum absolute atomic E-state index is 10.9. The third kappa shape index (κ3) is 1.97. The third-order valence-electron chi connectivity index (χ3n) is 3.25. The van der Waals surface area contributed by atoms with Crippen LogP contribution in [0.3, 0.4) is 0 Å². The first-order valence-electron chi connectivity index (χ1n) is 5.40. The molecular formula is C13H14BrNO2. The molecule has 3 nitrogen and oxygen atoms in total. The number of carboxylic acid groups (broad SMARTS) is 1. The first-order chi connectivity index (χ1) is 7.91. The topological polar surface area (TPSA) is 53.1 Å². The van der Waals surface area contributed by atoms with Gasteiger partial charge in [-0.05, 0) is 43.5 Å². The van der Waals surface area contributed by atoms with E-state index in [1.54, 1.807) is 0 Å². The van der Waals surface area contributed by atoms with E-state index in [2.05, 4.69) is 20.9 Å². The standard InChI is InChI=1S/C13H14BrNO2/c1-6-7(2)13-10(4-11(6)14)9(5-12(16)17)8(3)15-13/h4,15H,5H2,1-3H3,(H,16,17). The average molecular weight is 296 g/mol. The van der Waals surface area contributed by atoms with Gasteiger partial charge in [-0.2, -0.15) is 0 Å². The smallest absolute Gasteiger partial charge is 0.307 e. The van der Waals surface area contributed by atoms with Gasteiger partial charge >= 0.3 is 5.97 Å². The molecule has 0 spiro atoms. The zero-order valence-electron chi connectivity index (χ0n) is 10.0. The predicted octanol–water partition coefficient (Wildman–Crippen LogP) is 3.48. The Hall–Kier alpha value is -1.29. The molecule has 2 aromatic rings. The zero-order valence-corrected chi connectivity index (χ0v) is 11.6. The number of aliphatic carboxylic acids is 1. The minimum atomic E-state index is -0.802. The van der Waals surface area contributed by atoms with Gasteiger partial charge in [0.2, 0.25) is 0 Å². The van der Waals surface area contributed by atoms with Crippen molar-refractivity contribution in [3.63, 3.8) is 0 Å². The maximum atomic E-state index is 10.9. The summed E-state index contributed by atoms with van der Waals surface area (Å²) >= 11 is 3.52. The lowest BCUT2D eigenvalue weighted by atomic mass is 10.0. The van der Waals surface area contributed by atoms with Crippen LogP contribution in [-0.2, 0) is 11.2 Å². The Morgan fingerprint density at radius 1 is 1.35 bits per heavy atom. The highest BCUT2D eigenvalue weighted by Gasteiger charge is 2.15. The zero-order chi connectivity index (χ0) is 12.7. The molecule has 0 saturated heterocycles. The Labute approximate surface area is 108 Å². The van der Waals surface area contributed by atoms with Crippen LogP contribution in [0.4, 0.5) is 0 Å². The number of aromatic amines is 1. The number of nitrogens with one attached hydrogen (secondary N) is 1. The van der Waals surface area contributed by atoms with Gasteiger partial charge in [-0.25, -0.2) is 0 Å². The highest BCUT2D eigenvalue weighted by atomic mass is 79.9. The van der Waals surface area contributed by atoms with E-state index in [4.69, 9.17) is 5.11 Å². The lowest BCUT2D eigenvalue weighted by Crippen LogP contribution is -2.00. The maximum Gasteiger partial charge on any atom is 0.307 e. The van der Waals surface area contributed by atoms with Gasteiger partial charge in [-0.1, -0.05) is 15.9 Å². The number of carbonyl (C=O) groups is 1. The summed E-state index contributed by atoms with van der Waals surface area (Å²) < 4.78 is 1.02. The second kappa shape index (κ2) is 4.18. The second-order valence-corrected chi connectivity index (χ2v) is 5.18. The molecule has 0 aliphatic rings. The molecule has 0 saturated carbocycles. The van der Waals surface area contributed by atoms with Crippen molar-refractivity contribution in [2.24, 2.45) is 0 Å². The van der Waals surface area contributed by atoms with E-state index in [0.717, 1.165) is 32.2 Å². The number of benzene rings is 1. The monoisotopic (exact) mass is 295 g/mol. The molecule has 0 radical (unpaired) electrons. The van der Waals surface area contributed by atoms with E-state index in [1.165, 1.54) is 5.56 Å². The van der Waals surface area contributed by atoms with Crippen molar-refractivity contribution in [1.82, 2.24) is 4.98 Å². The van der Waals surface area contributed by atoms with Crippen LogP contribution in [0.5, 0.6) is 0 Å². The van der Waals surface area contributed by atoms with Crippen molar-refractivity contribution in [2.75, 3.05) is 0 Å². The molecule has 0 unspecified atom stereocenters. The quantitative estimate of drug-likeness (QED) is 0.891. The van der Waals surface area contributed by atoms with Gasteiger partial charge in [0.1, 0.15) is 0 Å². The third-order valence-corrected chi connectivity index (χ3v) is 4.08. The van der Waals surface area contributed by atoms with E-state index in [1.807, 2.05) is 26.8 Å². The molecule has 0 atom stereocenters. The fraction of sp³-hybridized carbons (Fsp3) is 0.308. The van der Waals surface area contributed by atoms with E-state index < -0.39 is 5.97 Å². The number of H-pyrrole nitrogens is 1. The molecule has 0 bridgehead atoms. The molecule has 0 aliphatic heterocycles. The molecule has 4 heteroatoms. The molecule has 1 aromatic carbocycles. The van der Waals surface area contributed by atoms with Crippen molar-refractivity contribution < 1.29 is 9.90 Å². The lowest BCUT2D eigenvalue weighted by molar-refractivity contribution is -0.136. The SMILES string of the molecule is Cc1[nH]c2c(C)c(C)c(Br)cc2c1CC(=O)O. The summed E-state index contributed by atoms with van der Waals surface area (Å²) in [5.41, 5.74) is 5.19. The fourth-order valence-electron chi connectivity index (χ4n) is 2.12. The molecule has 2 N–H and O–H groups in total. The number of hydrogen-bond acceptors (Lipinski definition) is 1. The van der Waals surface area contributed by atoms with Crippen LogP contribution in [0.25, 0.3) is 10.9 Å². The van der Waals surface area contributed by atoms with Crippen LogP contribution >= 0.6 is 15.9 Å². The Bertz CT molecular complexity index is 614. The van der Waals surface area contributed by atoms with Gasteiger partial charge in [-0.15, -0.1) is 0 Å². The van der Waals surface area contributed by atoms with Gasteiger partial charge in [0.25, 0.3) is 0 Å². The molecule has 2 rings (SSSR count). The van der Waals surface area contributed by atoms with Crippen molar-refractivity contribution in [1.29, 1.82) is 0 Å². The summed E-state index contributed by atoms with van der Waals surface area (Å²) in [4.78, 5) is 14.2. The van der Waals surface area contributed by atoms with Crippen LogP contribution in [0.15, 0.2) is 10.5 Å². The summed E-state index contributed by atoms with van der Waals surface area (Å²) in [6, 6.07) is 2.00. The Kier molecular flexibility index (Phi) is 3.00. The Morgan fingerprint density at radius 2 is 2.00 bits per heavy atom. The first kappa shape index (κ1) is 12.2. The number of carboxylic acids is 1. The van der Waals surface area contributed by atoms with Crippen molar-refractivity contribution >= 4 is 32.8 Å². The largest absolute Gasteiger partial charge is 0.481 e. The lowest BCUT2D eigenvalue weighted by Gasteiger charge is -2.05. The fourth-order valence-corrected chi connectivity index (χ4v) is 2.65. The van der Waals surface area contributed by atoms with Crippen LogP contribution in [0.2, 0.25) is 0 Å². The van der Waals surface area contributed by atoms with Crippen LogP contribution < -0.4 is 0 Å². The highest BCUT2D eigenvalue weighted by molar-refractivity contribution is 9.10. The van der Waals surface area contributed by atoms with E-state index >= 15 is 0 Å². The van der Waals surface area contributed by atoms with Crippen LogP contribution in [0, 0.1) is 20.8 Å². The molecule has 90 valence electrons. The van der Waals surface area contributed by atoms with Gasteiger partial charge in [0, 0.05) is 21.1 Å². The second-order valence-electron chi connectivity index (χ2n) is 4.33. The van der Waals surface area contributed by atoms with Gasteiger partial charge < -0.3 is 10.1 Å². The summed E-state index contributed by atoms with van der Waals surface area (Å²) in [7, 11) is 0. The molecule has 17 heavy (non-hydrogen) atoms. The minimum Gasteiger partial charge on any atom is -0.481 e. The van der Waals surface area contributed by atoms with Crippen LogP contribution in [0.1, 0.15) is 22.4 Å². The normalized spacial score (nSPS) is 11.1. The summed E-state index contributed by atoms with van der Waals surface area (Å²) in [6.45, 7) is 6.01. The molecule has 1 heterocycles. The van der Waals surface area contributed by atoms with Crippen LogP contribution in [-0.4, -0.2) is 16.1 Å². The van der Waals surface area contributed by atoms with E-state index in [-0.39, 0.29) is 6.42 Å². The average Bonchev–Trinajstić information content (AvgIpc) is 2.53. The molecule has 0 fully saturated rings.